The van der Waals surface area contributed by atoms with Gasteiger partial charge in [0.25, 0.3) is 0 Å². The number of aromatic nitrogens is 2. The summed E-state index contributed by atoms with van der Waals surface area (Å²) in [5, 5.41) is 7.10. The van der Waals surface area contributed by atoms with Crippen LogP contribution in [0.5, 0.6) is 0 Å². The Bertz CT molecular complexity index is 3110. The Balaban J connectivity index is 1.24. The van der Waals surface area contributed by atoms with E-state index in [0.717, 1.165) is 44.3 Å². The topological polar surface area (TPSA) is 23.0 Å². The van der Waals surface area contributed by atoms with Gasteiger partial charge < -0.3 is 13.6 Å². The van der Waals surface area contributed by atoms with Crippen molar-refractivity contribution in [1.82, 2.24) is 9.13 Å². The van der Waals surface area contributed by atoms with Crippen molar-refractivity contribution in [3.63, 3.8) is 0 Å². The van der Waals surface area contributed by atoms with Crippen LogP contribution in [-0.4, -0.2) is 9.13 Å². The molecule has 11 aromatic rings. The molecular formula is C48H30N2O. The zero-order valence-electron chi connectivity index (χ0n) is 27.6. The maximum absolute atomic E-state index is 6.80. The maximum atomic E-state index is 6.80. The highest BCUT2D eigenvalue weighted by Gasteiger charge is 2.23. The van der Waals surface area contributed by atoms with E-state index in [4.69, 9.17) is 4.42 Å². The summed E-state index contributed by atoms with van der Waals surface area (Å²) < 4.78 is 11.6. The van der Waals surface area contributed by atoms with E-state index in [-0.39, 0.29) is 0 Å². The van der Waals surface area contributed by atoms with Crippen LogP contribution in [0.4, 0.5) is 0 Å². The first kappa shape index (κ1) is 28.0. The van der Waals surface area contributed by atoms with Crippen molar-refractivity contribution in [3.05, 3.63) is 182 Å². The lowest BCUT2D eigenvalue weighted by Crippen LogP contribution is -1.94. The van der Waals surface area contributed by atoms with Crippen molar-refractivity contribution >= 4 is 65.6 Å². The molecule has 0 aliphatic carbocycles. The van der Waals surface area contributed by atoms with Gasteiger partial charge in [0.15, 0.2) is 5.58 Å². The fourth-order valence-electron chi connectivity index (χ4n) is 8.25. The summed E-state index contributed by atoms with van der Waals surface area (Å²) in [5.41, 5.74) is 13.4. The van der Waals surface area contributed by atoms with Crippen LogP contribution in [-0.2, 0) is 0 Å². The Morgan fingerprint density at radius 3 is 1.71 bits per heavy atom. The van der Waals surface area contributed by atoms with Crippen LogP contribution >= 0.6 is 0 Å². The largest absolute Gasteiger partial charge is 0.454 e. The van der Waals surface area contributed by atoms with Gasteiger partial charge in [0.2, 0.25) is 0 Å². The van der Waals surface area contributed by atoms with Gasteiger partial charge in [-0.25, -0.2) is 0 Å². The average Bonchev–Trinajstić information content (AvgIpc) is 3.86. The Labute approximate surface area is 293 Å². The zero-order chi connectivity index (χ0) is 33.5. The van der Waals surface area contributed by atoms with Gasteiger partial charge in [0.05, 0.1) is 22.1 Å². The van der Waals surface area contributed by atoms with Crippen molar-refractivity contribution in [2.75, 3.05) is 0 Å². The van der Waals surface area contributed by atoms with Crippen LogP contribution in [0.1, 0.15) is 0 Å². The van der Waals surface area contributed by atoms with Crippen molar-refractivity contribution < 1.29 is 4.42 Å². The molecule has 0 fully saturated rings. The lowest BCUT2D eigenvalue weighted by atomic mass is 9.95. The predicted molar refractivity (Wildman–Crippen MR) is 213 cm³/mol. The molecule has 0 atom stereocenters. The van der Waals surface area contributed by atoms with Crippen molar-refractivity contribution in [2.45, 2.75) is 0 Å². The van der Waals surface area contributed by atoms with E-state index in [2.05, 4.69) is 191 Å². The van der Waals surface area contributed by atoms with E-state index in [1.807, 2.05) is 0 Å². The molecule has 51 heavy (non-hydrogen) atoms. The fraction of sp³-hybridized carbons (Fsp3) is 0. The van der Waals surface area contributed by atoms with E-state index in [9.17, 15) is 0 Å². The molecule has 3 heterocycles. The third-order valence-corrected chi connectivity index (χ3v) is 10.5. The number of benzene rings is 8. The minimum Gasteiger partial charge on any atom is -0.454 e. The van der Waals surface area contributed by atoms with Gasteiger partial charge in [-0.05, 0) is 82.9 Å². The molecule has 0 unspecified atom stereocenters. The third-order valence-electron chi connectivity index (χ3n) is 10.5. The van der Waals surface area contributed by atoms with Gasteiger partial charge in [-0.3, -0.25) is 0 Å². The molecule has 0 aliphatic heterocycles. The quantitative estimate of drug-likeness (QED) is 0.186. The van der Waals surface area contributed by atoms with E-state index in [1.165, 1.54) is 54.8 Å². The predicted octanol–water partition coefficient (Wildman–Crippen LogP) is 13.1. The van der Waals surface area contributed by atoms with Gasteiger partial charge in [-0.15, -0.1) is 0 Å². The van der Waals surface area contributed by atoms with Gasteiger partial charge >= 0.3 is 0 Å². The highest BCUT2D eigenvalue weighted by Crippen LogP contribution is 2.46. The SMILES string of the molecule is c1ccc(-c2ccc(-n3c4ccccc4c4c(-c5ccc6c(c5)c5ccccc5n6-c5ccccc5)cc5c6ccccc6oc5c43)cc2)cc1. The molecule has 8 aromatic carbocycles. The van der Waals surface area contributed by atoms with E-state index < -0.39 is 0 Å². The Morgan fingerprint density at radius 1 is 0.353 bits per heavy atom. The van der Waals surface area contributed by atoms with Gasteiger partial charge in [-0.1, -0.05) is 121 Å². The van der Waals surface area contributed by atoms with Crippen LogP contribution in [0.3, 0.4) is 0 Å². The number of hydrogen-bond acceptors (Lipinski definition) is 1. The molecule has 11 rings (SSSR count). The molecule has 3 heteroatoms. The van der Waals surface area contributed by atoms with E-state index >= 15 is 0 Å². The summed E-state index contributed by atoms with van der Waals surface area (Å²) in [7, 11) is 0. The standard InChI is InChI=1S/C48H30N2O/c1-3-13-31(14-4-1)32-23-26-35(27-24-32)50-43-21-11-8-19-38(43)46-39(30-41-37-18-9-12-22-45(37)51-48(41)47(46)50)33-25-28-44-40(29-33)36-17-7-10-20-42(36)49(44)34-15-5-2-6-16-34/h1-30H. The fourth-order valence-corrected chi connectivity index (χ4v) is 8.25. The molecular weight excluding hydrogens is 621 g/mol. The number of nitrogens with zero attached hydrogens (tertiary/aromatic N) is 2. The van der Waals surface area contributed by atoms with E-state index in [0.29, 0.717) is 0 Å². The molecule has 0 saturated carbocycles. The lowest BCUT2D eigenvalue weighted by Gasteiger charge is -2.11. The summed E-state index contributed by atoms with van der Waals surface area (Å²) in [6, 6.07) is 65.4. The summed E-state index contributed by atoms with van der Waals surface area (Å²) in [5.74, 6) is 0. The van der Waals surface area contributed by atoms with Crippen LogP contribution in [0.25, 0.3) is 99.2 Å². The van der Waals surface area contributed by atoms with Crippen molar-refractivity contribution in [1.29, 1.82) is 0 Å². The smallest absolute Gasteiger partial charge is 0.160 e. The summed E-state index contributed by atoms with van der Waals surface area (Å²) in [6.07, 6.45) is 0. The third kappa shape index (κ3) is 4.12. The molecule has 238 valence electrons. The first-order valence-electron chi connectivity index (χ1n) is 17.4. The monoisotopic (exact) mass is 650 g/mol. The van der Waals surface area contributed by atoms with Crippen LogP contribution in [0, 0.1) is 0 Å². The van der Waals surface area contributed by atoms with Crippen molar-refractivity contribution in [3.8, 4) is 33.6 Å². The molecule has 0 radical (unpaired) electrons. The van der Waals surface area contributed by atoms with Crippen LogP contribution in [0.2, 0.25) is 0 Å². The molecule has 0 aliphatic rings. The first-order valence-corrected chi connectivity index (χ1v) is 17.4. The Kier molecular flexibility index (Phi) is 5.96. The second-order valence-corrected chi connectivity index (χ2v) is 13.3. The van der Waals surface area contributed by atoms with Gasteiger partial charge in [-0.2, -0.15) is 0 Å². The maximum Gasteiger partial charge on any atom is 0.160 e. The van der Waals surface area contributed by atoms with Gasteiger partial charge in [0, 0.05) is 43.7 Å². The van der Waals surface area contributed by atoms with Crippen molar-refractivity contribution in [2.24, 2.45) is 0 Å². The number of para-hydroxylation sites is 4. The Morgan fingerprint density at radius 2 is 0.922 bits per heavy atom. The molecule has 3 nitrogen and oxygen atoms in total. The van der Waals surface area contributed by atoms with Gasteiger partial charge in [0.1, 0.15) is 5.58 Å². The second-order valence-electron chi connectivity index (χ2n) is 13.3. The average molecular weight is 651 g/mol. The zero-order valence-corrected chi connectivity index (χ0v) is 27.6. The van der Waals surface area contributed by atoms with Crippen LogP contribution < -0.4 is 0 Å². The molecule has 0 spiro atoms. The molecule has 0 N–H and O–H groups in total. The molecule has 0 amide bonds. The summed E-state index contributed by atoms with van der Waals surface area (Å²) in [4.78, 5) is 0. The number of fused-ring (bicyclic) bond motifs is 10. The number of rotatable bonds is 4. The molecule has 0 saturated heterocycles. The minimum absolute atomic E-state index is 0.892. The normalized spacial score (nSPS) is 11.9. The summed E-state index contributed by atoms with van der Waals surface area (Å²) >= 11 is 0. The number of furan rings is 1. The first-order chi connectivity index (χ1) is 25.3. The lowest BCUT2D eigenvalue weighted by molar-refractivity contribution is 0.671. The van der Waals surface area contributed by atoms with E-state index in [1.54, 1.807) is 0 Å². The highest BCUT2D eigenvalue weighted by molar-refractivity contribution is 6.26. The Hall–Kier alpha value is -6.84. The minimum atomic E-state index is 0.892. The highest BCUT2D eigenvalue weighted by atomic mass is 16.3. The van der Waals surface area contributed by atoms with Crippen LogP contribution in [0.15, 0.2) is 186 Å². The molecule has 0 bridgehead atoms. The molecule has 3 aromatic heterocycles. The number of hydrogen-bond donors (Lipinski definition) is 0. The summed E-state index contributed by atoms with van der Waals surface area (Å²) in [6.45, 7) is 0. The second kappa shape index (κ2) is 10.8.